The molecule has 21 heavy (non-hydrogen) atoms. The zero-order valence-corrected chi connectivity index (χ0v) is 12.0. The van der Waals surface area contributed by atoms with Gasteiger partial charge in [-0.1, -0.05) is 0 Å². The molecule has 2 aliphatic rings. The molecule has 6 heteroatoms. The van der Waals surface area contributed by atoms with Gasteiger partial charge in [0, 0.05) is 38.1 Å². The number of furan rings is 1. The number of aliphatic hydroxyl groups is 1. The van der Waals surface area contributed by atoms with Gasteiger partial charge in [-0.3, -0.25) is 4.79 Å². The summed E-state index contributed by atoms with van der Waals surface area (Å²) in [5.74, 6) is 0.147. The van der Waals surface area contributed by atoms with Crippen LogP contribution in [0, 0.1) is 5.41 Å². The molecule has 1 N–H and O–H groups in total. The van der Waals surface area contributed by atoms with Crippen LogP contribution in [0.5, 0.6) is 0 Å². The van der Waals surface area contributed by atoms with Crippen molar-refractivity contribution in [3.05, 3.63) is 24.2 Å². The molecule has 0 aromatic carbocycles. The van der Waals surface area contributed by atoms with Crippen LogP contribution in [0.1, 0.15) is 23.4 Å². The lowest BCUT2D eigenvalue weighted by atomic mass is 9.77. The molecular weight excluding hydrogens is 275 g/mol. The molecule has 3 rings (SSSR count). The van der Waals surface area contributed by atoms with Crippen molar-refractivity contribution in [2.24, 2.45) is 5.41 Å². The van der Waals surface area contributed by atoms with Crippen molar-refractivity contribution in [3.63, 3.8) is 0 Å². The smallest absolute Gasteiger partial charge is 0.289 e. The predicted octanol–water partition coefficient (Wildman–Crippen LogP) is 1.15. The Balaban J connectivity index is 1.70. The number of halogens is 1. The average Bonchev–Trinajstić information content (AvgIpc) is 3.13. The summed E-state index contributed by atoms with van der Waals surface area (Å²) in [7, 11) is 0. The molecule has 1 aromatic rings. The van der Waals surface area contributed by atoms with Gasteiger partial charge in [0.25, 0.3) is 5.91 Å². The van der Waals surface area contributed by atoms with E-state index in [4.69, 9.17) is 9.52 Å². The van der Waals surface area contributed by atoms with E-state index in [0.29, 0.717) is 51.3 Å². The van der Waals surface area contributed by atoms with Crippen molar-refractivity contribution in [3.8, 4) is 0 Å². The maximum absolute atomic E-state index is 14.5. The second-order valence-electron chi connectivity index (χ2n) is 6.07. The molecule has 2 atom stereocenters. The number of piperidine rings is 1. The van der Waals surface area contributed by atoms with Crippen molar-refractivity contribution in [1.82, 2.24) is 9.80 Å². The Morgan fingerprint density at radius 3 is 3.05 bits per heavy atom. The number of likely N-dealkylation sites (tertiary alicyclic amines) is 2. The molecule has 2 unspecified atom stereocenters. The Bertz CT molecular complexity index is 493. The minimum absolute atomic E-state index is 0.0854. The van der Waals surface area contributed by atoms with Gasteiger partial charge < -0.3 is 19.3 Å². The van der Waals surface area contributed by atoms with Crippen LogP contribution in [0.4, 0.5) is 4.39 Å². The van der Waals surface area contributed by atoms with Gasteiger partial charge in [0.05, 0.1) is 12.9 Å². The largest absolute Gasteiger partial charge is 0.459 e. The summed E-state index contributed by atoms with van der Waals surface area (Å²) in [6.07, 6.45) is 1.73. The number of β-amino-alcohol motifs (C(OH)–C–C–N with tert-alkyl or cyclic N) is 1. The molecule has 3 heterocycles. The average molecular weight is 296 g/mol. The highest BCUT2D eigenvalue weighted by molar-refractivity contribution is 5.91. The standard InChI is InChI=1S/C15H21FN2O3/c16-13-3-5-17(7-8-19)10-15(13)4-6-18(11-15)14(20)12-2-1-9-21-12/h1-2,9,13,19H,3-8,10-11H2. The first-order chi connectivity index (χ1) is 10.1. The predicted molar refractivity (Wildman–Crippen MR) is 74.7 cm³/mol. The van der Waals surface area contributed by atoms with Crippen LogP contribution < -0.4 is 0 Å². The Morgan fingerprint density at radius 2 is 2.33 bits per heavy atom. The van der Waals surface area contributed by atoms with Gasteiger partial charge in [0.15, 0.2) is 5.76 Å². The molecule has 116 valence electrons. The van der Waals surface area contributed by atoms with Crippen molar-refractivity contribution in [2.75, 3.05) is 39.3 Å². The summed E-state index contributed by atoms with van der Waals surface area (Å²) in [6, 6.07) is 3.32. The maximum Gasteiger partial charge on any atom is 0.289 e. The van der Waals surface area contributed by atoms with Crippen LogP contribution in [-0.4, -0.2) is 66.3 Å². The van der Waals surface area contributed by atoms with Crippen LogP contribution in [0.3, 0.4) is 0 Å². The van der Waals surface area contributed by atoms with Gasteiger partial charge in [0.2, 0.25) is 0 Å². The van der Waals surface area contributed by atoms with Gasteiger partial charge in [-0.2, -0.15) is 0 Å². The summed E-state index contributed by atoms with van der Waals surface area (Å²) < 4.78 is 19.6. The highest BCUT2D eigenvalue weighted by Crippen LogP contribution is 2.41. The van der Waals surface area contributed by atoms with Gasteiger partial charge in [-0.15, -0.1) is 0 Å². The molecule has 0 aliphatic carbocycles. The first-order valence-electron chi connectivity index (χ1n) is 7.45. The SMILES string of the molecule is O=C(c1ccco1)N1CCC2(CN(CCO)CCC2F)C1. The van der Waals surface area contributed by atoms with E-state index >= 15 is 0 Å². The number of carbonyl (C=O) groups excluding carboxylic acids is 1. The third-order valence-corrected chi connectivity index (χ3v) is 4.72. The van der Waals surface area contributed by atoms with E-state index in [9.17, 15) is 9.18 Å². The van der Waals surface area contributed by atoms with Crippen LogP contribution in [0.2, 0.25) is 0 Å². The summed E-state index contributed by atoms with van der Waals surface area (Å²) >= 11 is 0. The number of hydrogen-bond donors (Lipinski definition) is 1. The number of alkyl halides is 1. The zero-order chi connectivity index (χ0) is 14.9. The lowest BCUT2D eigenvalue weighted by Crippen LogP contribution is -2.52. The molecular formula is C15H21FN2O3. The minimum Gasteiger partial charge on any atom is -0.459 e. The summed E-state index contributed by atoms with van der Waals surface area (Å²) in [5, 5.41) is 9.07. The Morgan fingerprint density at radius 1 is 1.48 bits per heavy atom. The molecule has 2 saturated heterocycles. The number of aliphatic hydroxyl groups excluding tert-OH is 1. The monoisotopic (exact) mass is 296 g/mol. The fourth-order valence-electron chi connectivity index (χ4n) is 3.57. The van der Waals surface area contributed by atoms with Crippen molar-refractivity contribution >= 4 is 5.91 Å². The minimum atomic E-state index is -0.887. The summed E-state index contributed by atoms with van der Waals surface area (Å²) in [5.41, 5.74) is -0.490. The van der Waals surface area contributed by atoms with E-state index in [1.54, 1.807) is 17.0 Å². The first-order valence-corrected chi connectivity index (χ1v) is 7.45. The number of hydrogen-bond acceptors (Lipinski definition) is 4. The van der Waals surface area contributed by atoms with E-state index in [1.807, 2.05) is 0 Å². The van der Waals surface area contributed by atoms with Crippen molar-refractivity contribution < 1.29 is 18.7 Å². The van der Waals surface area contributed by atoms with Crippen LogP contribution >= 0.6 is 0 Å². The van der Waals surface area contributed by atoms with E-state index in [2.05, 4.69) is 4.90 Å². The molecule has 1 aromatic heterocycles. The molecule has 1 amide bonds. The quantitative estimate of drug-likeness (QED) is 0.909. The van der Waals surface area contributed by atoms with Gasteiger partial charge in [-0.05, 0) is 25.0 Å². The highest BCUT2D eigenvalue weighted by atomic mass is 19.1. The van der Waals surface area contributed by atoms with Crippen LogP contribution in [0.15, 0.2) is 22.8 Å². The van der Waals surface area contributed by atoms with Crippen LogP contribution in [0.25, 0.3) is 0 Å². The molecule has 5 nitrogen and oxygen atoms in total. The van der Waals surface area contributed by atoms with Gasteiger partial charge in [0.1, 0.15) is 6.17 Å². The van der Waals surface area contributed by atoms with Gasteiger partial charge in [-0.25, -0.2) is 4.39 Å². The van der Waals surface area contributed by atoms with E-state index in [-0.39, 0.29) is 12.5 Å². The lowest BCUT2D eigenvalue weighted by molar-refractivity contribution is 0.00415. The number of carbonyl (C=O) groups is 1. The normalized spacial score (nSPS) is 30.2. The maximum atomic E-state index is 14.5. The number of nitrogens with zero attached hydrogens (tertiary/aromatic N) is 2. The number of rotatable bonds is 3. The van der Waals surface area contributed by atoms with Gasteiger partial charge >= 0.3 is 0 Å². The lowest BCUT2D eigenvalue weighted by Gasteiger charge is -2.42. The first kappa shape index (κ1) is 14.5. The van der Waals surface area contributed by atoms with Crippen molar-refractivity contribution in [1.29, 1.82) is 0 Å². The number of amides is 1. The molecule has 0 bridgehead atoms. The fourth-order valence-corrected chi connectivity index (χ4v) is 3.57. The Hall–Kier alpha value is -1.40. The second-order valence-corrected chi connectivity index (χ2v) is 6.07. The second kappa shape index (κ2) is 5.77. The molecule has 2 aliphatic heterocycles. The van der Waals surface area contributed by atoms with E-state index in [1.165, 1.54) is 6.26 Å². The van der Waals surface area contributed by atoms with Crippen molar-refractivity contribution in [2.45, 2.75) is 19.0 Å². The summed E-state index contributed by atoms with van der Waals surface area (Å²) in [4.78, 5) is 16.1. The topological polar surface area (TPSA) is 56.9 Å². The third-order valence-electron chi connectivity index (χ3n) is 4.72. The molecule has 1 spiro atoms. The highest BCUT2D eigenvalue weighted by Gasteiger charge is 2.49. The van der Waals surface area contributed by atoms with Crippen LogP contribution in [-0.2, 0) is 0 Å². The third kappa shape index (κ3) is 2.70. The molecule has 2 fully saturated rings. The fraction of sp³-hybridized carbons (Fsp3) is 0.667. The molecule has 0 radical (unpaired) electrons. The molecule has 0 saturated carbocycles. The summed E-state index contributed by atoms with van der Waals surface area (Å²) in [6.45, 7) is 2.93. The zero-order valence-electron chi connectivity index (χ0n) is 12.0. The van der Waals surface area contributed by atoms with E-state index in [0.717, 1.165) is 0 Å². The Labute approximate surface area is 123 Å². The van der Waals surface area contributed by atoms with E-state index < -0.39 is 11.6 Å². The Kier molecular flexibility index (Phi) is 3.99.